The van der Waals surface area contributed by atoms with E-state index in [1.54, 1.807) is 0 Å². The number of hydrogen-bond acceptors (Lipinski definition) is 3. The van der Waals surface area contributed by atoms with Crippen molar-refractivity contribution in [1.29, 1.82) is 0 Å². The highest BCUT2D eigenvalue weighted by Gasteiger charge is 2.20. The molecule has 1 aliphatic carbocycles. The van der Waals surface area contributed by atoms with Gasteiger partial charge in [0.15, 0.2) is 5.82 Å². The molecular formula is C23H21N3. The van der Waals surface area contributed by atoms with Crippen LogP contribution in [0.25, 0.3) is 16.5 Å². The lowest BCUT2D eigenvalue weighted by Gasteiger charge is -2.30. The smallest absolute Gasteiger partial charge is 0.161 e. The Balaban J connectivity index is 1.62. The van der Waals surface area contributed by atoms with Crippen LogP contribution in [0.4, 0.5) is 5.82 Å². The molecule has 0 saturated carbocycles. The third-order valence-corrected chi connectivity index (χ3v) is 5.27. The van der Waals surface area contributed by atoms with Crippen LogP contribution in [-0.4, -0.2) is 16.5 Å². The molecule has 2 aliphatic rings. The highest BCUT2D eigenvalue weighted by atomic mass is 15.2. The number of benzene rings is 2. The summed E-state index contributed by atoms with van der Waals surface area (Å²) in [5, 5.41) is 1.14. The number of aromatic nitrogens is 2. The fourth-order valence-electron chi connectivity index (χ4n) is 3.89. The molecule has 2 aromatic carbocycles. The van der Waals surface area contributed by atoms with Crippen LogP contribution in [0.15, 0.2) is 66.8 Å². The first-order chi connectivity index (χ1) is 12.9. The Morgan fingerprint density at radius 1 is 0.846 bits per heavy atom. The van der Waals surface area contributed by atoms with Crippen LogP contribution >= 0.6 is 0 Å². The SMILES string of the molecule is C1=CC(c2nc(N3CCc4ccccc4C3)c3ccccc3n2)=CCC1. The number of hydrogen-bond donors (Lipinski definition) is 0. The topological polar surface area (TPSA) is 29.0 Å². The minimum absolute atomic E-state index is 0.841. The van der Waals surface area contributed by atoms with Crippen LogP contribution in [0.3, 0.4) is 0 Å². The molecule has 0 bridgehead atoms. The quantitative estimate of drug-likeness (QED) is 0.663. The maximum absolute atomic E-state index is 5.02. The maximum atomic E-state index is 5.02. The molecule has 2 heterocycles. The zero-order valence-corrected chi connectivity index (χ0v) is 14.7. The van der Waals surface area contributed by atoms with Gasteiger partial charge in [0.2, 0.25) is 0 Å². The maximum Gasteiger partial charge on any atom is 0.161 e. The van der Waals surface area contributed by atoms with Gasteiger partial charge in [0.05, 0.1) is 5.52 Å². The summed E-state index contributed by atoms with van der Waals surface area (Å²) in [4.78, 5) is 12.3. The van der Waals surface area contributed by atoms with Gasteiger partial charge in [-0.15, -0.1) is 0 Å². The average Bonchev–Trinajstić information content (AvgIpc) is 2.73. The molecule has 0 amide bonds. The van der Waals surface area contributed by atoms with E-state index in [2.05, 4.69) is 71.7 Å². The second kappa shape index (κ2) is 6.41. The standard InChI is InChI=1S/C23H21N3/c1-2-9-18(10-3-1)22-24-21-13-7-6-12-20(21)23(25-22)26-15-14-17-8-4-5-11-19(17)16-26/h2,4-13H,1,3,14-16H2. The van der Waals surface area contributed by atoms with Crippen LogP contribution in [0.5, 0.6) is 0 Å². The first-order valence-electron chi connectivity index (χ1n) is 9.34. The summed E-state index contributed by atoms with van der Waals surface area (Å²) in [6.07, 6.45) is 9.85. The molecule has 3 heteroatoms. The third kappa shape index (κ3) is 2.70. The summed E-state index contributed by atoms with van der Waals surface area (Å²) in [5.41, 5.74) is 5.02. The Bertz CT molecular complexity index is 1030. The van der Waals surface area contributed by atoms with Gasteiger partial charge in [-0.2, -0.15) is 0 Å². The van der Waals surface area contributed by atoms with E-state index >= 15 is 0 Å². The zero-order valence-electron chi connectivity index (χ0n) is 14.7. The van der Waals surface area contributed by atoms with Gasteiger partial charge in [0, 0.05) is 24.0 Å². The first kappa shape index (κ1) is 15.3. The van der Waals surface area contributed by atoms with E-state index in [1.165, 1.54) is 11.1 Å². The molecule has 0 unspecified atom stereocenters. The summed E-state index contributed by atoms with van der Waals surface area (Å²) in [5.74, 6) is 1.90. The zero-order chi connectivity index (χ0) is 17.3. The van der Waals surface area contributed by atoms with Crippen LogP contribution in [0.2, 0.25) is 0 Å². The molecule has 0 N–H and O–H groups in total. The summed E-state index contributed by atoms with van der Waals surface area (Å²) in [7, 11) is 0. The number of para-hydroxylation sites is 1. The Hall–Kier alpha value is -2.94. The lowest BCUT2D eigenvalue weighted by atomic mass is 9.99. The van der Waals surface area contributed by atoms with Crippen LogP contribution in [0, 0.1) is 0 Å². The highest BCUT2D eigenvalue weighted by molar-refractivity contribution is 5.91. The van der Waals surface area contributed by atoms with Crippen molar-refractivity contribution in [1.82, 2.24) is 9.97 Å². The molecule has 5 rings (SSSR count). The first-order valence-corrected chi connectivity index (χ1v) is 9.34. The van der Waals surface area contributed by atoms with Crippen molar-refractivity contribution < 1.29 is 0 Å². The van der Waals surface area contributed by atoms with Gasteiger partial charge in [0.25, 0.3) is 0 Å². The second-order valence-electron chi connectivity index (χ2n) is 6.97. The van der Waals surface area contributed by atoms with E-state index in [0.717, 1.165) is 60.5 Å². The molecule has 0 spiro atoms. The largest absolute Gasteiger partial charge is 0.351 e. The Labute approximate surface area is 153 Å². The van der Waals surface area contributed by atoms with E-state index in [0.29, 0.717) is 0 Å². The Kier molecular flexibility index (Phi) is 3.78. The van der Waals surface area contributed by atoms with E-state index in [-0.39, 0.29) is 0 Å². The molecule has 0 radical (unpaired) electrons. The summed E-state index contributed by atoms with van der Waals surface area (Å²) in [6, 6.07) is 17.1. The van der Waals surface area contributed by atoms with Gasteiger partial charge in [-0.05, 0) is 42.5 Å². The summed E-state index contributed by atoms with van der Waals surface area (Å²) in [6.45, 7) is 1.90. The lowest BCUT2D eigenvalue weighted by Crippen LogP contribution is -2.31. The molecular weight excluding hydrogens is 318 g/mol. The normalized spacial score (nSPS) is 16.5. The molecule has 0 saturated heterocycles. The van der Waals surface area contributed by atoms with Gasteiger partial charge in [0.1, 0.15) is 5.82 Å². The fourth-order valence-corrected chi connectivity index (χ4v) is 3.89. The number of allylic oxidation sites excluding steroid dienone is 4. The lowest BCUT2D eigenvalue weighted by molar-refractivity contribution is 0.722. The van der Waals surface area contributed by atoms with Crippen molar-refractivity contribution in [2.45, 2.75) is 25.8 Å². The van der Waals surface area contributed by atoms with Crippen molar-refractivity contribution in [2.75, 3.05) is 11.4 Å². The van der Waals surface area contributed by atoms with Crippen molar-refractivity contribution in [3.8, 4) is 0 Å². The minimum atomic E-state index is 0.841. The molecule has 26 heavy (non-hydrogen) atoms. The second-order valence-corrected chi connectivity index (χ2v) is 6.97. The van der Waals surface area contributed by atoms with Gasteiger partial charge < -0.3 is 4.90 Å². The molecule has 0 atom stereocenters. The predicted molar refractivity (Wildman–Crippen MR) is 107 cm³/mol. The predicted octanol–water partition coefficient (Wildman–Crippen LogP) is 4.93. The van der Waals surface area contributed by atoms with Crippen molar-refractivity contribution in [3.05, 3.63) is 83.7 Å². The van der Waals surface area contributed by atoms with E-state index in [1.807, 2.05) is 0 Å². The number of fused-ring (bicyclic) bond motifs is 2. The van der Waals surface area contributed by atoms with Crippen LogP contribution in [0.1, 0.15) is 29.8 Å². The van der Waals surface area contributed by atoms with Gasteiger partial charge in [-0.1, -0.05) is 54.6 Å². The summed E-state index contributed by atoms with van der Waals surface area (Å²) >= 11 is 0. The summed E-state index contributed by atoms with van der Waals surface area (Å²) < 4.78 is 0. The van der Waals surface area contributed by atoms with Gasteiger partial charge in [-0.25, -0.2) is 9.97 Å². The molecule has 3 nitrogen and oxygen atoms in total. The van der Waals surface area contributed by atoms with Crippen LogP contribution in [-0.2, 0) is 13.0 Å². The number of rotatable bonds is 2. The van der Waals surface area contributed by atoms with Gasteiger partial charge in [-0.3, -0.25) is 0 Å². The van der Waals surface area contributed by atoms with E-state index < -0.39 is 0 Å². The van der Waals surface area contributed by atoms with Gasteiger partial charge >= 0.3 is 0 Å². The molecule has 128 valence electrons. The van der Waals surface area contributed by atoms with E-state index in [9.17, 15) is 0 Å². The molecule has 1 aromatic heterocycles. The number of nitrogens with zero attached hydrogens (tertiary/aromatic N) is 3. The van der Waals surface area contributed by atoms with E-state index in [4.69, 9.17) is 9.97 Å². The monoisotopic (exact) mass is 339 g/mol. The van der Waals surface area contributed by atoms with Crippen molar-refractivity contribution >= 4 is 22.3 Å². The highest BCUT2D eigenvalue weighted by Crippen LogP contribution is 2.31. The fraction of sp³-hybridized carbons (Fsp3) is 0.217. The number of anilines is 1. The Morgan fingerprint density at radius 3 is 2.58 bits per heavy atom. The molecule has 1 aliphatic heterocycles. The van der Waals surface area contributed by atoms with Crippen LogP contribution < -0.4 is 4.90 Å². The van der Waals surface area contributed by atoms with Crippen molar-refractivity contribution in [2.24, 2.45) is 0 Å². The molecule has 3 aromatic rings. The average molecular weight is 339 g/mol. The molecule has 0 fully saturated rings. The minimum Gasteiger partial charge on any atom is -0.351 e. The third-order valence-electron chi connectivity index (χ3n) is 5.27. The van der Waals surface area contributed by atoms with Crippen molar-refractivity contribution in [3.63, 3.8) is 0 Å². The Morgan fingerprint density at radius 2 is 1.69 bits per heavy atom.